The lowest BCUT2D eigenvalue weighted by atomic mass is 9.86. The van der Waals surface area contributed by atoms with E-state index < -0.39 is 12.1 Å². The Balaban J connectivity index is 1.94. The van der Waals surface area contributed by atoms with E-state index in [1.165, 1.54) is 11.3 Å². The predicted molar refractivity (Wildman–Crippen MR) is 109 cm³/mol. The average Bonchev–Trinajstić information content (AvgIpc) is 3.22. The van der Waals surface area contributed by atoms with E-state index in [1.54, 1.807) is 25.1 Å². The number of benzene rings is 2. The van der Waals surface area contributed by atoms with Gasteiger partial charge in [-0.3, -0.25) is 4.90 Å². The van der Waals surface area contributed by atoms with E-state index in [4.69, 9.17) is 9.15 Å². The summed E-state index contributed by atoms with van der Waals surface area (Å²) in [5, 5.41) is 17.9. The number of amides is 1. The van der Waals surface area contributed by atoms with Crippen LogP contribution in [0, 0.1) is 0 Å². The van der Waals surface area contributed by atoms with Crippen molar-refractivity contribution in [1.29, 1.82) is 0 Å². The van der Waals surface area contributed by atoms with Crippen LogP contribution in [0.4, 0.5) is 10.5 Å². The topological polar surface area (TPSA) is 88.7 Å². The van der Waals surface area contributed by atoms with E-state index in [2.05, 4.69) is 10.2 Å². The molecule has 0 bridgehead atoms. The first-order valence-corrected chi connectivity index (χ1v) is 9.37. The van der Waals surface area contributed by atoms with Crippen molar-refractivity contribution in [3.05, 3.63) is 71.9 Å². The standard InChI is InChI=1S/C22H25N3O4/c1-15(20-24-23-14-29-20)25(21(27)28-13-16-8-6-5-7-9-16)17-10-11-19(26)18(12-17)22(2,3)4/h5-12,14-15,26H,13H2,1-4H3. The maximum absolute atomic E-state index is 13.1. The van der Waals surface area contributed by atoms with Gasteiger partial charge in [0.15, 0.2) is 0 Å². The maximum atomic E-state index is 13.1. The number of carbonyl (C=O) groups excluding carboxylic acids is 1. The van der Waals surface area contributed by atoms with Crippen LogP contribution in [0.1, 0.15) is 50.8 Å². The van der Waals surface area contributed by atoms with Crippen LogP contribution in [0.25, 0.3) is 0 Å². The molecule has 0 fully saturated rings. The molecule has 1 heterocycles. The van der Waals surface area contributed by atoms with Crippen LogP contribution in [-0.4, -0.2) is 21.4 Å². The Morgan fingerprint density at radius 2 is 1.93 bits per heavy atom. The predicted octanol–water partition coefficient (Wildman–Crippen LogP) is 4.98. The number of hydrogen-bond acceptors (Lipinski definition) is 6. The summed E-state index contributed by atoms with van der Waals surface area (Å²) in [5.74, 6) is 0.455. The minimum absolute atomic E-state index is 0.136. The molecule has 1 N–H and O–H groups in total. The number of aromatic nitrogens is 2. The van der Waals surface area contributed by atoms with Gasteiger partial charge >= 0.3 is 6.09 Å². The minimum atomic E-state index is -0.557. The van der Waals surface area contributed by atoms with Gasteiger partial charge < -0.3 is 14.3 Å². The number of phenolic OH excluding ortho intramolecular Hbond substituents is 1. The molecule has 29 heavy (non-hydrogen) atoms. The highest BCUT2D eigenvalue weighted by Crippen LogP contribution is 2.36. The molecule has 7 heteroatoms. The molecule has 0 aliphatic rings. The number of phenols is 1. The Kier molecular flexibility index (Phi) is 5.87. The Labute approximate surface area is 169 Å². The van der Waals surface area contributed by atoms with Crippen molar-refractivity contribution < 1.29 is 19.1 Å². The van der Waals surface area contributed by atoms with Crippen LogP contribution in [0.3, 0.4) is 0 Å². The molecule has 3 aromatic rings. The summed E-state index contributed by atoms with van der Waals surface area (Å²) in [4.78, 5) is 14.5. The van der Waals surface area contributed by atoms with Gasteiger partial charge in [0, 0.05) is 11.3 Å². The van der Waals surface area contributed by atoms with E-state index in [0.717, 1.165) is 5.56 Å². The number of hydrogen-bond donors (Lipinski definition) is 1. The third kappa shape index (κ3) is 4.74. The Hall–Kier alpha value is -3.35. The Morgan fingerprint density at radius 3 is 2.55 bits per heavy atom. The highest BCUT2D eigenvalue weighted by molar-refractivity contribution is 5.88. The number of carbonyl (C=O) groups is 1. The highest BCUT2D eigenvalue weighted by Gasteiger charge is 2.30. The molecule has 7 nitrogen and oxygen atoms in total. The molecular weight excluding hydrogens is 370 g/mol. The summed E-state index contributed by atoms with van der Waals surface area (Å²) in [6.07, 6.45) is 0.668. The van der Waals surface area contributed by atoms with E-state index in [9.17, 15) is 9.90 Å². The quantitative estimate of drug-likeness (QED) is 0.656. The second-order valence-electron chi connectivity index (χ2n) is 7.81. The van der Waals surface area contributed by atoms with Gasteiger partial charge in [0.05, 0.1) is 0 Å². The number of aromatic hydroxyl groups is 1. The summed E-state index contributed by atoms with van der Waals surface area (Å²) in [6.45, 7) is 7.89. The van der Waals surface area contributed by atoms with Crippen molar-refractivity contribution in [2.24, 2.45) is 0 Å². The first-order chi connectivity index (χ1) is 13.8. The molecule has 1 atom stereocenters. The summed E-state index contributed by atoms with van der Waals surface area (Å²) < 4.78 is 10.9. The van der Waals surface area contributed by atoms with Gasteiger partial charge in [-0.25, -0.2) is 4.79 Å². The van der Waals surface area contributed by atoms with Gasteiger partial charge in [-0.1, -0.05) is 51.1 Å². The van der Waals surface area contributed by atoms with E-state index in [0.29, 0.717) is 11.3 Å². The fraction of sp³-hybridized carbons (Fsp3) is 0.318. The number of nitrogens with zero attached hydrogens (tertiary/aromatic N) is 3. The fourth-order valence-electron chi connectivity index (χ4n) is 3.02. The second kappa shape index (κ2) is 8.34. The molecule has 0 aliphatic carbocycles. The van der Waals surface area contributed by atoms with E-state index in [1.807, 2.05) is 51.1 Å². The number of ether oxygens (including phenoxy) is 1. The lowest BCUT2D eigenvalue weighted by Gasteiger charge is -2.29. The van der Waals surface area contributed by atoms with Crippen molar-refractivity contribution in [2.45, 2.75) is 45.8 Å². The summed E-state index contributed by atoms with van der Waals surface area (Å²) >= 11 is 0. The smallest absolute Gasteiger partial charge is 0.415 e. The molecule has 0 spiro atoms. The van der Waals surface area contributed by atoms with Gasteiger partial charge in [0.1, 0.15) is 18.4 Å². The molecule has 0 aliphatic heterocycles. The Bertz CT molecular complexity index is 950. The molecule has 0 saturated carbocycles. The van der Waals surface area contributed by atoms with Crippen LogP contribution >= 0.6 is 0 Å². The lowest BCUT2D eigenvalue weighted by Crippen LogP contribution is -2.34. The monoisotopic (exact) mass is 395 g/mol. The lowest BCUT2D eigenvalue weighted by molar-refractivity contribution is 0.144. The first-order valence-electron chi connectivity index (χ1n) is 9.37. The van der Waals surface area contributed by atoms with Crippen molar-refractivity contribution in [2.75, 3.05) is 4.90 Å². The third-order valence-electron chi connectivity index (χ3n) is 4.59. The molecule has 1 aromatic heterocycles. The number of rotatable bonds is 5. The van der Waals surface area contributed by atoms with Crippen LogP contribution in [0.5, 0.6) is 5.75 Å². The van der Waals surface area contributed by atoms with Gasteiger partial charge in [0.2, 0.25) is 12.3 Å². The third-order valence-corrected chi connectivity index (χ3v) is 4.59. The van der Waals surface area contributed by atoms with Crippen molar-refractivity contribution in [1.82, 2.24) is 10.2 Å². The molecule has 3 rings (SSSR count). The molecule has 1 amide bonds. The normalized spacial score (nSPS) is 12.4. The SMILES string of the molecule is CC(c1nnco1)N(C(=O)OCc1ccccc1)c1ccc(O)c(C(C)(C)C)c1. The largest absolute Gasteiger partial charge is 0.508 e. The second-order valence-corrected chi connectivity index (χ2v) is 7.81. The van der Waals surface area contributed by atoms with Gasteiger partial charge in [-0.2, -0.15) is 0 Å². The van der Waals surface area contributed by atoms with Crippen molar-refractivity contribution >= 4 is 11.8 Å². The molecule has 2 aromatic carbocycles. The van der Waals surface area contributed by atoms with Crippen LogP contribution in [0.15, 0.2) is 59.3 Å². The zero-order valence-electron chi connectivity index (χ0n) is 17.0. The minimum Gasteiger partial charge on any atom is -0.508 e. The van der Waals surface area contributed by atoms with Crippen LogP contribution in [-0.2, 0) is 16.8 Å². The van der Waals surface area contributed by atoms with Crippen molar-refractivity contribution in [3.8, 4) is 5.75 Å². The van der Waals surface area contributed by atoms with Crippen LogP contribution < -0.4 is 4.90 Å². The van der Waals surface area contributed by atoms with Gasteiger partial charge in [-0.15, -0.1) is 10.2 Å². The zero-order chi connectivity index (χ0) is 21.0. The molecule has 0 radical (unpaired) electrons. The van der Waals surface area contributed by atoms with Gasteiger partial charge in [-0.05, 0) is 36.1 Å². The molecule has 0 saturated heterocycles. The van der Waals surface area contributed by atoms with E-state index in [-0.39, 0.29) is 23.7 Å². The van der Waals surface area contributed by atoms with Crippen LogP contribution in [0.2, 0.25) is 0 Å². The summed E-state index contributed by atoms with van der Waals surface area (Å²) in [7, 11) is 0. The maximum Gasteiger partial charge on any atom is 0.415 e. The molecule has 152 valence electrons. The molecule has 1 unspecified atom stereocenters. The fourth-order valence-corrected chi connectivity index (χ4v) is 3.02. The van der Waals surface area contributed by atoms with Crippen molar-refractivity contribution in [3.63, 3.8) is 0 Å². The number of anilines is 1. The Morgan fingerprint density at radius 1 is 1.21 bits per heavy atom. The highest BCUT2D eigenvalue weighted by atomic mass is 16.6. The van der Waals surface area contributed by atoms with E-state index >= 15 is 0 Å². The molecular formula is C22H25N3O4. The zero-order valence-corrected chi connectivity index (χ0v) is 17.0. The van der Waals surface area contributed by atoms with Gasteiger partial charge in [0.25, 0.3) is 0 Å². The first kappa shape index (κ1) is 20.4. The summed E-state index contributed by atoms with van der Waals surface area (Å²) in [5.41, 5.74) is 1.85. The average molecular weight is 395 g/mol. The summed E-state index contributed by atoms with van der Waals surface area (Å²) in [6, 6.07) is 13.9.